The summed E-state index contributed by atoms with van der Waals surface area (Å²) in [5, 5.41) is 3.04. The summed E-state index contributed by atoms with van der Waals surface area (Å²) in [6.45, 7) is 8.32. The van der Waals surface area contributed by atoms with E-state index in [2.05, 4.69) is 66.5 Å². The number of rotatable bonds is 8. The van der Waals surface area contributed by atoms with Crippen LogP contribution in [-0.4, -0.2) is 29.6 Å². The Morgan fingerprint density at radius 1 is 0.929 bits per heavy atom. The Morgan fingerprint density at radius 2 is 1.57 bits per heavy atom. The van der Waals surface area contributed by atoms with Crippen LogP contribution in [0, 0.1) is 13.8 Å². The molecule has 3 rings (SSSR count). The van der Waals surface area contributed by atoms with E-state index in [1.54, 1.807) is 11.8 Å². The largest absolute Gasteiger partial charge is 0.351 e. The highest BCUT2D eigenvalue weighted by atomic mass is 32.2. The summed E-state index contributed by atoms with van der Waals surface area (Å²) < 4.78 is 0. The van der Waals surface area contributed by atoms with Crippen molar-refractivity contribution in [2.75, 3.05) is 18.8 Å². The molecule has 0 atom stereocenters. The Balaban J connectivity index is 1.36. The zero-order valence-electron chi connectivity index (χ0n) is 17.2. The molecule has 0 radical (unpaired) electrons. The minimum absolute atomic E-state index is 0.103. The standard InChI is InChI=1S/C24H32N2OS/c1-19-12-20(2)14-23(13-19)17-28-18-24(27)25-15-21-6-8-22(9-7-21)16-26-10-4-3-5-11-26/h6-9,12-14H,3-5,10-11,15-18H2,1-2H3,(H,25,27). The van der Waals surface area contributed by atoms with E-state index in [1.165, 1.54) is 54.6 Å². The van der Waals surface area contributed by atoms with E-state index in [4.69, 9.17) is 0 Å². The number of likely N-dealkylation sites (tertiary alicyclic amines) is 1. The molecule has 0 aromatic heterocycles. The van der Waals surface area contributed by atoms with Crippen LogP contribution in [0.2, 0.25) is 0 Å². The van der Waals surface area contributed by atoms with Gasteiger partial charge in [-0.1, -0.05) is 60.0 Å². The van der Waals surface area contributed by atoms with E-state index < -0.39 is 0 Å². The molecule has 1 fully saturated rings. The lowest BCUT2D eigenvalue weighted by Gasteiger charge is -2.26. The number of carbonyl (C=O) groups excluding carboxylic acids is 1. The molecule has 4 heteroatoms. The Bertz CT molecular complexity index is 746. The molecule has 3 nitrogen and oxygen atoms in total. The van der Waals surface area contributed by atoms with E-state index in [1.807, 2.05) is 0 Å². The van der Waals surface area contributed by atoms with Crippen LogP contribution in [0.3, 0.4) is 0 Å². The molecule has 2 aromatic carbocycles. The predicted octanol–water partition coefficient (Wildman–Crippen LogP) is 4.84. The maximum atomic E-state index is 12.1. The summed E-state index contributed by atoms with van der Waals surface area (Å²) in [7, 11) is 0. The van der Waals surface area contributed by atoms with E-state index >= 15 is 0 Å². The van der Waals surface area contributed by atoms with Crippen LogP contribution in [0.1, 0.15) is 47.1 Å². The van der Waals surface area contributed by atoms with Crippen LogP contribution < -0.4 is 5.32 Å². The molecule has 1 heterocycles. The second-order valence-corrected chi connectivity index (χ2v) is 8.90. The SMILES string of the molecule is Cc1cc(C)cc(CSCC(=O)NCc2ccc(CN3CCCCC3)cc2)c1. The molecule has 2 aromatic rings. The van der Waals surface area contributed by atoms with E-state index in [-0.39, 0.29) is 5.91 Å². The summed E-state index contributed by atoms with van der Waals surface area (Å²) in [5.74, 6) is 1.48. The maximum absolute atomic E-state index is 12.1. The quantitative estimate of drug-likeness (QED) is 0.693. The van der Waals surface area contributed by atoms with Gasteiger partial charge in [-0.2, -0.15) is 0 Å². The average molecular weight is 397 g/mol. The zero-order chi connectivity index (χ0) is 19.8. The van der Waals surface area contributed by atoms with Gasteiger partial charge in [0, 0.05) is 18.8 Å². The lowest BCUT2D eigenvalue weighted by molar-refractivity contribution is -0.118. The molecule has 0 spiro atoms. The van der Waals surface area contributed by atoms with Crippen LogP contribution in [-0.2, 0) is 23.6 Å². The number of thioether (sulfide) groups is 1. The van der Waals surface area contributed by atoms with Crippen molar-refractivity contribution in [2.45, 2.75) is 52.0 Å². The Kier molecular flexibility index (Phi) is 7.99. The first kappa shape index (κ1) is 20.9. The van der Waals surface area contributed by atoms with E-state index in [9.17, 15) is 4.79 Å². The number of nitrogens with one attached hydrogen (secondary N) is 1. The molecule has 1 amide bonds. The van der Waals surface area contributed by atoms with Gasteiger partial charge in [-0.05, 0) is 56.5 Å². The van der Waals surface area contributed by atoms with Gasteiger partial charge >= 0.3 is 0 Å². The van der Waals surface area contributed by atoms with Gasteiger partial charge in [0.25, 0.3) is 0 Å². The first-order valence-corrected chi connectivity index (χ1v) is 11.5. The van der Waals surface area contributed by atoms with E-state index in [0.29, 0.717) is 12.3 Å². The van der Waals surface area contributed by atoms with Gasteiger partial charge in [0.15, 0.2) is 0 Å². The number of hydrogen-bond acceptors (Lipinski definition) is 3. The number of piperidine rings is 1. The van der Waals surface area contributed by atoms with Crippen LogP contribution in [0.4, 0.5) is 0 Å². The molecule has 0 unspecified atom stereocenters. The molecule has 1 N–H and O–H groups in total. The van der Waals surface area contributed by atoms with Crippen molar-refractivity contribution in [3.8, 4) is 0 Å². The van der Waals surface area contributed by atoms with Gasteiger partial charge < -0.3 is 5.32 Å². The van der Waals surface area contributed by atoms with Gasteiger partial charge in [-0.25, -0.2) is 0 Å². The minimum Gasteiger partial charge on any atom is -0.351 e. The van der Waals surface area contributed by atoms with Crippen molar-refractivity contribution >= 4 is 17.7 Å². The molecule has 0 bridgehead atoms. The van der Waals surface area contributed by atoms with Gasteiger partial charge in [-0.15, -0.1) is 11.8 Å². The van der Waals surface area contributed by atoms with Crippen molar-refractivity contribution < 1.29 is 4.79 Å². The summed E-state index contributed by atoms with van der Waals surface area (Å²) >= 11 is 1.67. The second kappa shape index (κ2) is 10.7. The number of benzene rings is 2. The first-order chi connectivity index (χ1) is 13.6. The third-order valence-electron chi connectivity index (χ3n) is 5.15. The second-order valence-electron chi connectivity index (χ2n) is 7.92. The van der Waals surface area contributed by atoms with Crippen molar-refractivity contribution in [2.24, 2.45) is 0 Å². The Labute approximate surface area is 173 Å². The monoisotopic (exact) mass is 396 g/mol. The molecule has 0 saturated carbocycles. The molecule has 150 valence electrons. The zero-order valence-corrected chi connectivity index (χ0v) is 18.0. The lowest BCUT2D eigenvalue weighted by Crippen LogP contribution is -2.29. The van der Waals surface area contributed by atoms with Crippen molar-refractivity contribution in [1.82, 2.24) is 10.2 Å². The normalized spacial score (nSPS) is 14.8. The molecule has 0 aliphatic carbocycles. The molecular formula is C24H32N2OS. The third kappa shape index (κ3) is 6.99. The highest BCUT2D eigenvalue weighted by molar-refractivity contribution is 7.99. The number of hydrogen-bond donors (Lipinski definition) is 1. The number of nitrogens with zero attached hydrogens (tertiary/aromatic N) is 1. The van der Waals surface area contributed by atoms with Gasteiger partial charge in [0.1, 0.15) is 0 Å². The topological polar surface area (TPSA) is 32.3 Å². The van der Waals surface area contributed by atoms with E-state index in [0.717, 1.165) is 17.9 Å². The Morgan fingerprint density at radius 3 is 2.25 bits per heavy atom. The highest BCUT2D eigenvalue weighted by Gasteiger charge is 2.10. The third-order valence-corrected chi connectivity index (χ3v) is 6.15. The van der Waals surface area contributed by atoms with Gasteiger partial charge in [-0.3, -0.25) is 9.69 Å². The smallest absolute Gasteiger partial charge is 0.230 e. The Hall–Kier alpha value is -1.78. The summed E-state index contributed by atoms with van der Waals surface area (Å²) in [6.07, 6.45) is 4.02. The van der Waals surface area contributed by atoms with Gasteiger partial charge in [0.2, 0.25) is 5.91 Å². The maximum Gasteiger partial charge on any atom is 0.230 e. The average Bonchev–Trinajstić information content (AvgIpc) is 2.67. The first-order valence-electron chi connectivity index (χ1n) is 10.3. The molecule has 1 aliphatic heterocycles. The molecule has 1 aliphatic rings. The van der Waals surface area contributed by atoms with Gasteiger partial charge in [0.05, 0.1) is 5.75 Å². The summed E-state index contributed by atoms with van der Waals surface area (Å²) in [6, 6.07) is 15.3. The van der Waals surface area contributed by atoms with Crippen LogP contribution in [0.5, 0.6) is 0 Å². The fraction of sp³-hybridized carbons (Fsp3) is 0.458. The van der Waals surface area contributed by atoms with Crippen molar-refractivity contribution in [3.05, 3.63) is 70.3 Å². The number of aryl methyl sites for hydroxylation is 2. The molecule has 28 heavy (non-hydrogen) atoms. The number of carbonyl (C=O) groups is 1. The van der Waals surface area contributed by atoms with Crippen molar-refractivity contribution in [3.63, 3.8) is 0 Å². The predicted molar refractivity (Wildman–Crippen MR) is 119 cm³/mol. The minimum atomic E-state index is 0.103. The van der Waals surface area contributed by atoms with Crippen molar-refractivity contribution in [1.29, 1.82) is 0 Å². The lowest BCUT2D eigenvalue weighted by atomic mass is 10.1. The van der Waals surface area contributed by atoms with Crippen LogP contribution in [0.15, 0.2) is 42.5 Å². The molecular weight excluding hydrogens is 364 g/mol. The fourth-order valence-corrected chi connectivity index (χ4v) is 4.60. The highest BCUT2D eigenvalue weighted by Crippen LogP contribution is 2.16. The van der Waals surface area contributed by atoms with Crippen LogP contribution >= 0.6 is 11.8 Å². The van der Waals surface area contributed by atoms with Crippen LogP contribution in [0.25, 0.3) is 0 Å². The summed E-state index contributed by atoms with van der Waals surface area (Å²) in [4.78, 5) is 14.7. The summed E-state index contributed by atoms with van der Waals surface area (Å²) in [5.41, 5.74) is 6.38. The fourth-order valence-electron chi connectivity index (χ4n) is 3.80. The number of amides is 1. The molecule has 1 saturated heterocycles.